The molecule has 2 aromatic rings. The minimum Gasteiger partial charge on any atom is -0.493 e. The van der Waals surface area contributed by atoms with Gasteiger partial charge in [-0.25, -0.2) is 0 Å². The number of anilines is 1. The number of nitro groups is 1. The van der Waals surface area contributed by atoms with Crippen molar-refractivity contribution in [2.45, 2.75) is 6.92 Å². The Hall–Kier alpha value is -2.67. The van der Waals surface area contributed by atoms with Gasteiger partial charge < -0.3 is 10.1 Å². The molecular formula is C17H15BrN2O4. The Kier molecular flexibility index (Phi) is 6.08. The lowest BCUT2D eigenvalue weighted by Crippen LogP contribution is -2.09. The van der Waals surface area contributed by atoms with Crippen molar-refractivity contribution in [3.63, 3.8) is 0 Å². The van der Waals surface area contributed by atoms with Crippen molar-refractivity contribution in [3.05, 3.63) is 68.7 Å². The van der Waals surface area contributed by atoms with E-state index >= 15 is 0 Å². The summed E-state index contributed by atoms with van der Waals surface area (Å²) >= 11 is 3.37. The third-order valence-corrected chi connectivity index (χ3v) is 3.54. The van der Waals surface area contributed by atoms with Gasteiger partial charge in [0.1, 0.15) is 11.4 Å². The molecule has 0 atom stereocenters. The summed E-state index contributed by atoms with van der Waals surface area (Å²) < 4.78 is 6.35. The van der Waals surface area contributed by atoms with E-state index in [2.05, 4.69) is 21.2 Å². The maximum absolute atomic E-state index is 12.0. The van der Waals surface area contributed by atoms with Crippen molar-refractivity contribution in [2.75, 3.05) is 11.9 Å². The SMILES string of the molecule is CCOc1ccc(Br)cc1/C=C/C(=O)Nc1ccccc1[N+](=O)[O-]. The highest BCUT2D eigenvalue weighted by Crippen LogP contribution is 2.25. The van der Waals surface area contributed by atoms with Crippen molar-refractivity contribution in [2.24, 2.45) is 0 Å². The third-order valence-electron chi connectivity index (χ3n) is 3.04. The van der Waals surface area contributed by atoms with Gasteiger partial charge in [-0.15, -0.1) is 0 Å². The second kappa shape index (κ2) is 8.26. The zero-order valence-electron chi connectivity index (χ0n) is 12.9. The Morgan fingerprint density at radius 2 is 2.08 bits per heavy atom. The van der Waals surface area contributed by atoms with E-state index < -0.39 is 10.8 Å². The summed E-state index contributed by atoms with van der Waals surface area (Å²) in [6.07, 6.45) is 2.90. The molecule has 0 bridgehead atoms. The topological polar surface area (TPSA) is 81.5 Å². The number of para-hydroxylation sites is 2. The first kappa shape index (κ1) is 17.7. The number of halogens is 1. The van der Waals surface area contributed by atoms with Gasteiger partial charge >= 0.3 is 0 Å². The van der Waals surface area contributed by atoms with Crippen LogP contribution in [0.1, 0.15) is 12.5 Å². The van der Waals surface area contributed by atoms with Crippen molar-refractivity contribution in [1.29, 1.82) is 0 Å². The fourth-order valence-corrected chi connectivity index (χ4v) is 2.39. The van der Waals surface area contributed by atoms with Crippen molar-refractivity contribution in [3.8, 4) is 5.75 Å². The predicted molar refractivity (Wildman–Crippen MR) is 96.1 cm³/mol. The van der Waals surface area contributed by atoms with Crippen LogP contribution in [0.4, 0.5) is 11.4 Å². The van der Waals surface area contributed by atoms with Crippen LogP contribution >= 0.6 is 15.9 Å². The second-order valence-electron chi connectivity index (χ2n) is 4.71. The highest BCUT2D eigenvalue weighted by Gasteiger charge is 2.13. The highest BCUT2D eigenvalue weighted by atomic mass is 79.9. The number of hydrogen-bond donors (Lipinski definition) is 1. The predicted octanol–water partition coefficient (Wildman–Crippen LogP) is 4.41. The van der Waals surface area contributed by atoms with Gasteiger partial charge in [0.2, 0.25) is 5.91 Å². The molecule has 0 unspecified atom stereocenters. The van der Waals surface area contributed by atoms with Crippen molar-refractivity contribution >= 4 is 39.3 Å². The molecule has 0 radical (unpaired) electrons. The summed E-state index contributed by atoms with van der Waals surface area (Å²) in [5.41, 5.74) is 0.720. The maximum Gasteiger partial charge on any atom is 0.292 e. The number of carbonyl (C=O) groups excluding carboxylic acids is 1. The number of carbonyl (C=O) groups is 1. The molecule has 1 N–H and O–H groups in total. The standard InChI is InChI=1S/C17H15BrN2O4/c1-2-24-16-9-8-13(18)11-12(16)7-10-17(21)19-14-5-3-4-6-15(14)20(22)23/h3-11H,2H2,1H3,(H,19,21)/b10-7+. The van der Waals surface area contributed by atoms with Crippen LogP contribution in [-0.2, 0) is 4.79 Å². The quantitative estimate of drug-likeness (QED) is 0.449. The first-order valence-corrected chi connectivity index (χ1v) is 7.95. The summed E-state index contributed by atoms with van der Waals surface area (Å²) in [7, 11) is 0. The number of hydrogen-bond acceptors (Lipinski definition) is 4. The number of nitro benzene ring substituents is 1. The summed E-state index contributed by atoms with van der Waals surface area (Å²) in [4.78, 5) is 22.5. The van der Waals surface area contributed by atoms with Crippen LogP contribution in [0.2, 0.25) is 0 Å². The van der Waals surface area contributed by atoms with Gasteiger partial charge in [-0.3, -0.25) is 14.9 Å². The highest BCUT2D eigenvalue weighted by molar-refractivity contribution is 9.10. The molecule has 0 heterocycles. The Morgan fingerprint density at radius 3 is 2.79 bits per heavy atom. The average molecular weight is 391 g/mol. The van der Waals surface area contributed by atoms with E-state index in [9.17, 15) is 14.9 Å². The number of ether oxygens (including phenoxy) is 1. The van der Waals surface area contributed by atoms with Gasteiger partial charge in [0.15, 0.2) is 0 Å². The Morgan fingerprint density at radius 1 is 1.33 bits per heavy atom. The molecule has 1 amide bonds. The first-order valence-electron chi connectivity index (χ1n) is 7.16. The fraction of sp³-hybridized carbons (Fsp3) is 0.118. The molecule has 124 valence electrons. The summed E-state index contributed by atoms with van der Waals surface area (Å²) in [5, 5.41) is 13.5. The van der Waals surface area contributed by atoms with Crippen LogP contribution in [0.3, 0.4) is 0 Å². The van der Waals surface area contributed by atoms with E-state index in [0.717, 1.165) is 10.0 Å². The van der Waals surface area contributed by atoms with Gasteiger partial charge in [0.25, 0.3) is 5.69 Å². The minimum atomic E-state index is -0.541. The second-order valence-corrected chi connectivity index (χ2v) is 5.63. The van der Waals surface area contributed by atoms with Gasteiger partial charge in [-0.2, -0.15) is 0 Å². The van der Waals surface area contributed by atoms with Crippen LogP contribution in [0, 0.1) is 10.1 Å². The smallest absolute Gasteiger partial charge is 0.292 e. The van der Waals surface area contributed by atoms with E-state index in [4.69, 9.17) is 4.74 Å². The lowest BCUT2D eigenvalue weighted by molar-refractivity contribution is -0.383. The van der Waals surface area contributed by atoms with Crippen LogP contribution < -0.4 is 10.1 Å². The molecule has 0 aliphatic carbocycles. The van der Waals surface area contributed by atoms with Gasteiger partial charge in [0.05, 0.1) is 11.5 Å². The fourth-order valence-electron chi connectivity index (χ4n) is 2.01. The van der Waals surface area contributed by atoms with Crippen molar-refractivity contribution < 1.29 is 14.5 Å². The third kappa shape index (κ3) is 4.66. The summed E-state index contributed by atoms with van der Waals surface area (Å²) in [6.45, 7) is 2.38. The lowest BCUT2D eigenvalue weighted by atomic mass is 10.2. The van der Waals surface area contributed by atoms with Crippen LogP contribution in [0.25, 0.3) is 6.08 Å². The maximum atomic E-state index is 12.0. The van der Waals surface area contributed by atoms with Gasteiger partial charge in [0, 0.05) is 22.2 Å². The van der Waals surface area contributed by atoms with Gasteiger partial charge in [-0.05, 0) is 37.3 Å². The van der Waals surface area contributed by atoms with E-state index in [1.165, 1.54) is 18.2 Å². The molecular weight excluding hydrogens is 376 g/mol. The monoisotopic (exact) mass is 390 g/mol. The molecule has 6 nitrogen and oxygen atoms in total. The zero-order chi connectivity index (χ0) is 17.5. The Labute approximate surface area is 147 Å². The van der Waals surface area contributed by atoms with Crippen LogP contribution in [0.5, 0.6) is 5.75 Å². The molecule has 0 saturated heterocycles. The van der Waals surface area contributed by atoms with Crippen molar-refractivity contribution in [1.82, 2.24) is 0 Å². The van der Waals surface area contributed by atoms with E-state index in [1.54, 1.807) is 24.3 Å². The number of amides is 1. The Bertz CT molecular complexity index is 790. The number of benzene rings is 2. The molecule has 2 aromatic carbocycles. The normalized spacial score (nSPS) is 10.6. The Balaban J connectivity index is 2.17. The largest absolute Gasteiger partial charge is 0.493 e. The molecule has 2 rings (SSSR count). The molecule has 24 heavy (non-hydrogen) atoms. The molecule has 0 aromatic heterocycles. The lowest BCUT2D eigenvalue weighted by Gasteiger charge is -2.07. The van der Waals surface area contributed by atoms with Crippen LogP contribution in [0.15, 0.2) is 53.0 Å². The van der Waals surface area contributed by atoms with Crippen LogP contribution in [-0.4, -0.2) is 17.4 Å². The van der Waals surface area contributed by atoms with E-state index in [-0.39, 0.29) is 11.4 Å². The summed E-state index contributed by atoms with van der Waals surface area (Å²) in [6, 6.07) is 11.4. The average Bonchev–Trinajstić information content (AvgIpc) is 2.55. The zero-order valence-corrected chi connectivity index (χ0v) is 14.4. The molecule has 0 aliphatic rings. The molecule has 0 spiro atoms. The molecule has 0 aliphatic heterocycles. The number of rotatable bonds is 6. The molecule has 0 fully saturated rings. The molecule has 7 heteroatoms. The molecule has 0 saturated carbocycles. The minimum absolute atomic E-state index is 0.149. The summed E-state index contributed by atoms with van der Waals surface area (Å²) in [5.74, 6) is 0.183. The number of nitrogens with zero attached hydrogens (tertiary/aromatic N) is 1. The first-order chi connectivity index (χ1) is 11.5. The van der Waals surface area contributed by atoms with Gasteiger partial charge in [-0.1, -0.05) is 28.1 Å². The van der Waals surface area contributed by atoms with E-state index in [1.807, 2.05) is 19.1 Å². The number of nitrogens with one attached hydrogen (secondary N) is 1. The van der Waals surface area contributed by atoms with E-state index in [0.29, 0.717) is 12.4 Å².